The number of carbonyl (C=O) groups is 1. The number of benzene rings is 1. The van der Waals surface area contributed by atoms with E-state index in [9.17, 15) is 4.79 Å². The molecule has 88 valence electrons. The minimum atomic E-state index is -0.960. The van der Waals surface area contributed by atoms with Gasteiger partial charge in [0.05, 0.1) is 7.11 Å². The normalized spacial score (nSPS) is 11.2. The van der Waals surface area contributed by atoms with Gasteiger partial charge in [-0.1, -0.05) is 26.8 Å². The molecule has 3 heteroatoms. The summed E-state index contributed by atoms with van der Waals surface area (Å²) in [4.78, 5) is 10.9. The van der Waals surface area contributed by atoms with Gasteiger partial charge in [-0.2, -0.15) is 0 Å². The van der Waals surface area contributed by atoms with Crippen molar-refractivity contribution < 1.29 is 14.6 Å². The smallest absolute Gasteiger partial charge is 0.339 e. The van der Waals surface area contributed by atoms with Crippen LogP contribution in [-0.2, 0) is 5.41 Å². The van der Waals surface area contributed by atoms with Crippen molar-refractivity contribution >= 4 is 5.97 Å². The van der Waals surface area contributed by atoms with Crippen LogP contribution in [0, 0.1) is 0 Å². The van der Waals surface area contributed by atoms with Gasteiger partial charge < -0.3 is 9.84 Å². The van der Waals surface area contributed by atoms with E-state index >= 15 is 0 Å². The van der Waals surface area contributed by atoms with Crippen molar-refractivity contribution in [2.45, 2.75) is 32.6 Å². The molecular formula is C13H18O3. The van der Waals surface area contributed by atoms with E-state index in [1.54, 1.807) is 6.07 Å². The first kappa shape index (κ1) is 12.6. The molecule has 0 aliphatic carbocycles. The maximum absolute atomic E-state index is 10.9. The minimum absolute atomic E-state index is 0.0321. The molecule has 0 spiro atoms. The van der Waals surface area contributed by atoms with Crippen LogP contribution in [0.4, 0.5) is 0 Å². The first-order valence-corrected chi connectivity index (χ1v) is 5.34. The molecule has 16 heavy (non-hydrogen) atoms. The number of hydrogen-bond donors (Lipinski definition) is 1. The fourth-order valence-electron chi connectivity index (χ4n) is 1.49. The van der Waals surface area contributed by atoms with E-state index in [1.807, 2.05) is 12.1 Å². The predicted molar refractivity (Wildman–Crippen MR) is 63.3 cm³/mol. The van der Waals surface area contributed by atoms with Crippen LogP contribution in [0.1, 0.15) is 43.1 Å². The lowest BCUT2D eigenvalue weighted by atomic mass is 9.82. The number of aromatic carboxylic acids is 1. The second kappa shape index (κ2) is 4.56. The van der Waals surface area contributed by atoms with Crippen LogP contribution in [0.25, 0.3) is 0 Å². The van der Waals surface area contributed by atoms with E-state index in [2.05, 4.69) is 20.8 Å². The average molecular weight is 222 g/mol. The van der Waals surface area contributed by atoms with Gasteiger partial charge in [0.1, 0.15) is 11.3 Å². The molecule has 0 aromatic heterocycles. The Morgan fingerprint density at radius 1 is 1.44 bits per heavy atom. The van der Waals surface area contributed by atoms with Crippen molar-refractivity contribution in [3.8, 4) is 5.75 Å². The van der Waals surface area contributed by atoms with E-state index in [-0.39, 0.29) is 11.0 Å². The first-order chi connectivity index (χ1) is 7.42. The van der Waals surface area contributed by atoms with Crippen molar-refractivity contribution in [3.63, 3.8) is 0 Å². The van der Waals surface area contributed by atoms with Crippen molar-refractivity contribution in [1.82, 2.24) is 0 Å². The lowest BCUT2D eigenvalue weighted by molar-refractivity contribution is 0.0693. The molecule has 3 nitrogen and oxygen atoms in total. The van der Waals surface area contributed by atoms with Crippen LogP contribution in [0.3, 0.4) is 0 Å². The zero-order valence-corrected chi connectivity index (χ0v) is 10.2. The summed E-state index contributed by atoms with van der Waals surface area (Å²) in [5, 5.41) is 8.97. The quantitative estimate of drug-likeness (QED) is 0.851. The molecule has 1 aromatic rings. The maximum atomic E-state index is 10.9. The molecule has 0 atom stereocenters. The molecule has 0 aliphatic rings. The number of ether oxygens (including phenoxy) is 1. The Morgan fingerprint density at radius 3 is 2.50 bits per heavy atom. The van der Waals surface area contributed by atoms with Crippen LogP contribution in [0.15, 0.2) is 18.2 Å². The largest absolute Gasteiger partial charge is 0.496 e. The molecular weight excluding hydrogens is 204 g/mol. The molecule has 0 amide bonds. The van der Waals surface area contributed by atoms with Crippen LogP contribution in [-0.4, -0.2) is 18.2 Å². The Labute approximate surface area is 96.1 Å². The molecule has 0 radical (unpaired) electrons. The van der Waals surface area contributed by atoms with Crippen molar-refractivity contribution in [2.75, 3.05) is 7.11 Å². The fourth-order valence-corrected chi connectivity index (χ4v) is 1.49. The van der Waals surface area contributed by atoms with Gasteiger partial charge in [0.15, 0.2) is 0 Å². The van der Waals surface area contributed by atoms with Crippen LogP contribution in [0.2, 0.25) is 0 Å². The third-order valence-electron chi connectivity index (χ3n) is 3.10. The summed E-state index contributed by atoms with van der Waals surface area (Å²) >= 11 is 0. The van der Waals surface area contributed by atoms with Crippen LogP contribution >= 0.6 is 0 Å². The Bertz CT molecular complexity index is 394. The second-order valence-corrected chi connectivity index (χ2v) is 4.46. The summed E-state index contributed by atoms with van der Waals surface area (Å²) in [7, 11) is 1.49. The van der Waals surface area contributed by atoms with Gasteiger partial charge in [-0.3, -0.25) is 0 Å². The first-order valence-electron chi connectivity index (χ1n) is 5.34. The summed E-state index contributed by atoms with van der Waals surface area (Å²) in [6.45, 7) is 6.36. The molecule has 1 aromatic carbocycles. The highest BCUT2D eigenvalue weighted by molar-refractivity contribution is 5.91. The standard InChI is InChI=1S/C13H18O3/c1-5-13(2,3)9-6-7-10(12(14)15)11(8-9)16-4/h6-8H,5H2,1-4H3,(H,14,15). The Balaban J connectivity index is 3.24. The highest BCUT2D eigenvalue weighted by Crippen LogP contribution is 2.31. The lowest BCUT2D eigenvalue weighted by Crippen LogP contribution is -2.16. The van der Waals surface area contributed by atoms with Crippen molar-refractivity contribution in [1.29, 1.82) is 0 Å². The van der Waals surface area contributed by atoms with Gasteiger partial charge in [0, 0.05) is 0 Å². The molecule has 0 bridgehead atoms. The monoisotopic (exact) mass is 222 g/mol. The van der Waals surface area contributed by atoms with Gasteiger partial charge in [-0.15, -0.1) is 0 Å². The topological polar surface area (TPSA) is 46.5 Å². The highest BCUT2D eigenvalue weighted by Gasteiger charge is 2.20. The summed E-state index contributed by atoms with van der Waals surface area (Å²) in [5.74, 6) is -0.538. The van der Waals surface area contributed by atoms with Crippen molar-refractivity contribution in [3.05, 3.63) is 29.3 Å². The van der Waals surface area contributed by atoms with E-state index in [0.29, 0.717) is 5.75 Å². The maximum Gasteiger partial charge on any atom is 0.339 e. The van der Waals surface area contributed by atoms with Gasteiger partial charge in [0.2, 0.25) is 0 Å². The van der Waals surface area contributed by atoms with E-state index < -0.39 is 5.97 Å². The Kier molecular flexibility index (Phi) is 3.58. The van der Waals surface area contributed by atoms with Crippen LogP contribution < -0.4 is 4.74 Å². The third kappa shape index (κ3) is 2.35. The van der Waals surface area contributed by atoms with Crippen LogP contribution in [0.5, 0.6) is 5.75 Å². The van der Waals surface area contributed by atoms with Gasteiger partial charge in [-0.05, 0) is 29.5 Å². The highest BCUT2D eigenvalue weighted by atomic mass is 16.5. The molecule has 0 heterocycles. The van der Waals surface area contributed by atoms with E-state index in [4.69, 9.17) is 9.84 Å². The molecule has 0 saturated carbocycles. The van der Waals surface area contributed by atoms with E-state index in [0.717, 1.165) is 12.0 Å². The molecule has 1 rings (SSSR count). The summed E-state index contributed by atoms with van der Waals surface area (Å²) < 4.78 is 5.11. The molecule has 0 aliphatic heterocycles. The van der Waals surface area contributed by atoms with Crippen molar-refractivity contribution in [2.24, 2.45) is 0 Å². The Morgan fingerprint density at radius 2 is 2.06 bits per heavy atom. The minimum Gasteiger partial charge on any atom is -0.496 e. The van der Waals surface area contributed by atoms with Gasteiger partial charge in [-0.25, -0.2) is 4.79 Å². The number of hydrogen-bond acceptors (Lipinski definition) is 2. The van der Waals surface area contributed by atoms with E-state index in [1.165, 1.54) is 7.11 Å². The summed E-state index contributed by atoms with van der Waals surface area (Å²) in [6.07, 6.45) is 0.989. The van der Waals surface area contributed by atoms with Gasteiger partial charge in [0.25, 0.3) is 0 Å². The Hall–Kier alpha value is -1.51. The summed E-state index contributed by atoms with van der Waals surface area (Å²) in [5.41, 5.74) is 1.33. The van der Waals surface area contributed by atoms with Gasteiger partial charge >= 0.3 is 5.97 Å². The second-order valence-electron chi connectivity index (χ2n) is 4.46. The number of carboxylic acid groups (broad SMARTS) is 1. The lowest BCUT2D eigenvalue weighted by Gasteiger charge is -2.24. The zero-order valence-electron chi connectivity index (χ0n) is 10.2. The molecule has 0 unspecified atom stereocenters. The average Bonchev–Trinajstić information content (AvgIpc) is 2.27. The number of carboxylic acids is 1. The molecule has 0 saturated heterocycles. The molecule has 0 fully saturated rings. The fraction of sp³-hybridized carbons (Fsp3) is 0.462. The summed E-state index contributed by atoms with van der Waals surface area (Å²) in [6, 6.07) is 5.27. The zero-order chi connectivity index (χ0) is 12.3. The SMILES string of the molecule is CCC(C)(C)c1ccc(C(=O)O)c(OC)c1. The molecule has 1 N–H and O–H groups in total. The third-order valence-corrected chi connectivity index (χ3v) is 3.10. The predicted octanol–water partition coefficient (Wildman–Crippen LogP) is 3.08. The number of methoxy groups -OCH3 is 1. The number of rotatable bonds is 4.